The summed E-state index contributed by atoms with van der Waals surface area (Å²) >= 11 is 12.1. The van der Waals surface area contributed by atoms with E-state index in [1.54, 1.807) is 18.2 Å². The molecule has 0 spiro atoms. The summed E-state index contributed by atoms with van der Waals surface area (Å²) in [6.45, 7) is 2.17. The Morgan fingerprint density at radius 1 is 1.26 bits per heavy atom. The van der Waals surface area contributed by atoms with Crippen LogP contribution in [0.2, 0.25) is 10.0 Å². The fourth-order valence-electron chi connectivity index (χ4n) is 2.83. The van der Waals surface area contributed by atoms with Crippen LogP contribution in [-0.4, -0.2) is 35.3 Å². The number of likely N-dealkylation sites (N-methyl/N-ethyl adjacent to an activating group) is 1. The number of para-hydroxylation sites is 1. The topological polar surface area (TPSA) is 75.4 Å². The maximum atomic E-state index is 12.6. The van der Waals surface area contributed by atoms with E-state index in [0.717, 1.165) is 12.8 Å². The number of rotatable bonds is 5. The van der Waals surface area contributed by atoms with Gasteiger partial charge in [0.1, 0.15) is 0 Å². The molecule has 7 heteroatoms. The molecule has 1 saturated carbocycles. The number of anilines is 1. The van der Waals surface area contributed by atoms with Gasteiger partial charge < -0.3 is 16.0 Å². The lowest BCUT2D eigenvalue weighted by molar-refractivity contribution is -0.139. The standard InChI is InChI=1S/C16H21Cl2N3O2/c1-2-21(15(23)16(19)8-3-4-9-16)10-13(22)20-14-11(17)6-5-7-12(14)18/h5-7H,2-4,8-10,19H2,1H3,(H,20,22). The monoisotopic (exact) mass is 357 g/mol. The molecule has 2 amide bonds. The Morgan fingerprint density at radius 3 is 2.35 bits per heavy atom. The lowest BCUT2D eigenvalue weighted by atomic mass is 9.97. The number of carbonyl (C=O) groups is 2. The van der Waals surface area contributed by atoms with Crippen molar-refractivity contribution >= 4 is 40.7 Å². The molecule has 0 saturated heterocycles. The zero-order chi connectivity index (χ0) is 17.0. The van der Waals surface area contributed by atoms with Gasteiger partial charge in [0.25, 0.3) is 0 Å². The van der Waals surface area contributed by atoms with Crippen LogP contribution in [0.3, 0.4) is 0 Å². The van der Waals surface area contributed by atoms with Crippen LogP contribution in [0.1, 0.15) is 32.6 Å². The maximum absolute atomic E-state index is 12.6. The predicted molar refractivity (Wildman–Crippen MR) is 92.7 cm³/mol. The highest BCUT2D eigenvalue weighted by molar-refractivity contribution is 6.39. The molecule has 2 rings (SSSR count). The zero-order valence-electron chi connectivity index (χ0n) is 13.1. The molecule has 5 nitrogen and oxygen atoms in total. The summed E-state index contributed by atoms with van der Waals surface area (Å²) in [6, 6.07) is 4.97. The van der Waals surface area contributed by atoms with E-state index in [4.69, 9.17) is 28.9 Å². The summed E-state index contributed by atoms with van der Waals surface area (Å²) in [7, 11) is 0. The highest BCUT2D eigenvalue weighted by Crippen LogP contribution is 2.30. The molecule has 1 aromatic carbocycles. The highest BCUT2D eigenvalue weighted by Gasteiger charge is 2.39. The molecule has 0 aromatic heterocycles. The molecule has 0 heterocycles. The van der Waals surface area contributed by atoms with Gasteiger partial charge in [-0.05, 0) is 31.9 Å². The van der Waals surface area contributed by atoms with Gasteiger partial charge in [0.2, 0.25) is 11.8 Å². The van der Waals surface area contributed by atoms with Crippen LogP contribution in [0, 0.1) is 0 Å². The number of hydrogen-bond acceptors (Lipinski definition) is 3. The second-order valence-corrected chi connectivity index (χ2v) is 6.64. The molecule has 3 N–H and O–H groups in total. The average Bonchev–Trinajstić information content (AvgIpc) is 2.96. The second-order valence-electron chi connectivity index (χ2n) is 5.83. The van der Waals surface area contributed by atoms with E-state index >= 15 is 0 Å². The second kappa shape index (κ2) is 7.51. The summed E-state index contributed by atoms with van der Waals surface area (Å²) < 4.78 is 0. The Labute approximate surface area is 146 Å². The first-order valence-corrected chi connectivity index (χ1v) is 8.45. The van der Waals surface area contributed by atoms with Gasteiger partial charge in [-0.1, -0.05) is 42.1 Å². The Bertz CT molecular complexity index is 581. The lowest BCUT2D eigenvalue weighted by Crippen LogP contribution is -2.55. The van der Waals surface area contributed by atoms with Gasteiger partial charge >= 0.3 is 0 Å². The summed E-state index contributed by atoms with van der Waals surface area (Å²) in [5.74, 6) is -0.519. The quantitative estimate of drug-likeness (QED) is 0.850. The minimum Gasteiger partial charge on any atom is -0.332 e. The van der Waals surface area contributed by atoms with Crippen molar-refractivity contribution in [2.24, 2.45) is 5.73 Å². The molecule has 0 bridgehead atoms. The summed E-state index contributed by atoms with van der Waals surface area (Å²) in [5.41, 5.74) is 5.71. The molecule has 1 aliphatic carbocycles. The van der Waals surface area contributed by atoms with Crippen molar-refractivity contribution in [2.75, 3.05) is 18.4 Å². The van der Waals surface area contributed by atoms with Crippen LogP contribution in [-0.2, 0) is 9.59 Å². The minimum atomic E-state index is -0.835. The van der Waals surface area contributed by atoms with Gasteiger partial charge in [0, 0.05) is 6.54 Å². The number of nitrogens with two attached hydrogens (primary N) is 1. The van der Waals surface area contributed by atoms with Crippen molar-refractivity contribution < 1.29 is 9.59 Å². The molecule has 0 atom stereocenters. The molecule has 126 valence electrons. The van der Waals surface area contributed by atoms with Gasteiger partial charge in [0.15, 0.2) is 0 Å². The summed E-state index contributed by atoms with van der Waals surface area (Å²) in [4.78, 5) is 26.3. The van der Waals surface area contributed by atoms with Gasteiger partial charge in [-0.3, -0.25) is 9.59 Å². The van der Waals surface area contributed by atoms with Crippen molar-refractivity contribution in [1.29, 1.82) is 0 Å². The van der Waals surface area contributed by atoms with E-state index < -0.39 is 5.54 Å². The van der Waals surface area contributed by atoms with E-state index in [0.29, 0.717) is 35.1 Å². The van der Waals surface area contributed by atoms with Gasteiger partial charge in [-0.25, -0.2) is 0 Å². The van der Waals surface area contributed by atoms with Crippen LogP contribution >= 0.6 is 23.2 Å². The third-order valence-corrected chi connectivity index (χ3v) is 4.78. The van der Waals surface area contributed by atoms with E-state index in [2.05, 4.69) is 5.32 Å². The summed E-state index contributed by atoms with van der Waals surface area (Å²) in [6.07, 6.45) is 3.23. The number of hydrogen-bond donors (Lipinski definition) is 2. The molecular weight excluding hydrogens is 337 g/mol. The van der Waals surface area contributed by atoms with E-state index in [1.807, 2.05) is 6.92 Å². The SMILES string of the molecule is CCN(CC(=O)Nc1c(Cl)cccc1Cl)C(=O)C1(N)CCCC1. The third kappa shape index (κ3) is 4.16. The van der Waals surface area contributed by atoms with E-state index in [1.165, 1.54) is 4.90 Å². The molecule has 0 unspecified atom stereocenters. The molecule has 23 heavy (non-hydrogen) atoms. The largest absolute Gasteiger partial charge is 0.332 e. The van der Waals surface area contributed by atoms with Gasteiger partial charge in [-0.15, -0.1) is 0 Å². The maximum Gasteiger partial charge on any atom is 0.244 e. The number of amides is 2. The molecule has 0 aliphatic heterocycles. The first kappa shape index (κ1) is 18.0. The van der Waals surface area contributed by atoms with Crippen LogP contribution in [0.5, 0.6) is 0 Å². The van der Waals surface area contributed by atoms with Crippen molar-refractivity contribution in [3.05, 3.63) is 28.2 Å². The number of nitrogens with one attached hydrogen (secondary N) is 1. The Balaban J connectivity index is 2.04. The van der Waals surface area contributed by atoms with Crippen molar-refractivity contribution in [1.82, 2.24) is 4.90 Å². The lowest BCUT2D eigenvalue weighted by Gasteiger charge is -2.30. The van der Waals surface area contributed by atoms with Gasteiger partial charge in [-0.2, -0.15) is 0 Å². The highest BCUT2D eigenvalue weighted by atomic mass is 35.5. The zero-order valence-corrected chi connectivity index (χ0v) is 14.6. The number of nitrogens with zero attached hydrogens (tertiary/aromatic N) is 1. The minimum absolute atomic E-state index is 0.0736. The Hall–Kier alpha value is -1.30. The fraction of sp³-hybridized carbons (Fsp3) is 0.500. The smallest absolute Gasteiger partial charge is 0.244 e. The van der Waals surface area contributed by atoms with Crippen LogP contribution in [0.25, 0.3) is 0 Å². The predicted octanol–water partition coefficient (Wildman–Crippen LogP) is 3.05. The van der Waals surface area contributed by atoms with Crippen molar-refractivity contribution in [2.45, 2.75) is 38.1 Å². The number of benzene rings is 1. The van der Waals surface area contributed by atoms with Crippen molar-refractivity contribution in [3.8, 4) is 0 Å². The number of carbonyl (C=O) groups excluding carboxylic acids is 2. The average molecular weight is 358 g/mol. The molecule has 1 fully saturated rings. The molecule has 1 aromatic rings. The molecule has 1 aliphatic rings. The summed E-state index contributed by atoms with van der Waals surface area (Å²) in [5, 5.41) is 3.37. The van der Waals surface area contributed by atoms with Gasteiger partial charge in [0.05, 0.1) is 27.8 Å². The Morgan fingerprint density at radius 2 is 1.83 bits per heavy atom. The van der Waals surface area contributed by atoms with E-state index in [9.17, 15) is 9.59 Å². The van der Waals surface area contributed by atoms with E-state index in [-0.39, 0.29) is 18.4 Å². The fourth-order valence-corrected chi connectivity index (χ4v) is 3.32. The first-order valence-electron chi connectivity index (χ1n) is 7.69. The first-order chi connectivity index (χ1) is 10.9. The van der Waals surface area contributed by atoms with Crippen LogP contribution < -0.4 is 11.1 Å². The van der Waals surface area contributed by atoms with Crippen molar-refractivity contribution in [3.63, 3.8) is 0 Å². The third-order valence-electron chi connectivity index (χ3n) is 4.15. The normalized spacial score (nSPS) is 16.2. The Kier molecular flexibility index (Phi) is 5.89. The van der Waals surface area contributed by atoms with Crippen LogP contribution in [0.4, 0.5) is 5.69 Å². The van der Waals surface area contributed by atoms with Crippen LogP contribution in [0.15, 0.2) is 18.2 Å². The molecular formula is C16H21Cl2N3O2. The number of halogens is 2. The molecule has 0 radical (unpaired) electrons.